The van der Waals surface area contributed by atoms with Gasteiger partial charge >= 0.3 is 0 Å². The van der Waals surface area contributed by atoms with Gasteiger partial charge in [-0.25, -0.2) is 4.39 Å². The van der Waals surface area contributed by atoms with Crippen LogP contribution in [-0.4, -0.2) is 35.9 Å². The number of aromatic nitrogens is 1. The van der Waals surface area contributed by atoms with Gasteiger partial charge in [-0.3, -0.25) is 4.79 Å². The van der Waals surface area contributed by atoms with E-state index >= 15 is 0 Å². The molecule has 0 radical (unpaired) electrons. The summed E-state index contributed by atoms with van der Waals surface area (Å²) in [6, 6.07) is 11.6. The summed E-state index contributed by atoms with van der Waals surface area (Å²) < 4.78 is 24.3. The first kappa shape index (κ1) is 20.7. The number of benzene rings is 1. The second kappa shape index (κ2) is 8.64. The predicted molar refractivity (Wildman–Crippen MR) is 111 cm³/mol. The van der Waals surface area contributed by atoms with Gasteiger partial charge in [-0.1, -0.05) is 12.1 Å². The molecule has 7 nitrogen and oxygen atoms in total. The molecule has 160 valence electrons. The third-order valence-electron chi connectivity index (χ3n) is 5.86. The minimum atomic E-state index is -0.295. The fraction of sp³-hybridized carbons (Fsp3) is 0.348. The van der Waals surface area contributed by atoms with Gasteiger partial charge in [0.25, 0.3) is 5.89 Å². The number of piperidine rings is 1. The van der Waals surface area contributed by atoms with Gasteiger partial charge in [0, 0.05) is 26.1 Å². The fourth-order valence-electron chi connectivity index (χ4n) is 3.88. The summed E-state index contributed by atoms with van der Waals surface area (Å²) in [5.41, 5.74) is 1.10. The molecule has 1 fully saturated rings. The van der Waals surface area contributed by atoms with Crippen LogP contribution in [0.1, 0.15) is 37.1 Å². The van der Waals surface area contributed by atoms with Crippen molar-refractivity contribution in [1.29, 1.82) is 5.26 Å². The van der Waals surface area contributed by atoms with Crippen molar-refractivity contribution < 1.29 is 18.0 Å². The van der Waals surface area contributed by atoms with Crippen LogP contribution in [0.25, 0.3) is 11.7 Å². The molecular formula is C23H23FN4O3. The SMILES string of the molecule is CC(c1ccc(F)cc1)N(C)C(=O)C1CCN(c2oc(-c3ccco3)nc2C#N)CC1. The molecule has 1 aromatic carbocycles. The number of rotatable bonds is 5. The van der Waals surface area contributed by atoms with E-state index < -0.39 is 0 Å². The highest BCUT2D eigenvalue weighted by atomic mass is 19.1. The summed E-state index contributed by atoms with van der Waals surface area (Å²) >= 11 is 0. The monoisotopic (exact) mass is 422 g/mol. The Labute approximate surface area is 179 Å². The van der Waals surface area contributed by atoms with Gasteiger partial charge in [0.2, 0.25) is 17.5 Å². The van der Waals surface area contributed by atoms with Crippen LogP contribution >= 0.6 is 0 Å². The number of nitriles is 1. The molecule has 1 unspecified atom stereocenters. The smallest absolute Gasteiger partial charge is 0.266 e. The molecule has 1 saturated heterocycles. The molecule has 1 atom stereocenters. The van der Waals surface area contributed by atoms with Gasteiger partial charge in [0.15, 0.2) is 5.76 Å². The van der Waals surface area contributed by atoms with Gasteiger partial charge in [0.05, 0.1) is 12.3 Å². The number of carbonyl (C=O) groups excluding carboxylic acids is 1. The Morgan fingerprint density at radius 3 is 2.61 bits per heavy atom. The molecule has 2 aromatic heterocycles. The first-order valence-corrected chi connectivity index (χ1v) is 10.2. The molecule has 3 heterocycles. The van der Waals surface area contributed by atoms with Gasteiger partial charge in [-0.05, 0) is 49.6 Å². The Morgan fingerprint density at radius 1 is 1.29 bits per heavy atom. The zero-order chi connectivity index (χ0) is 22.0. The maximum Gasteiger partial charge on any atom is 0.266 e. The molecule has 1 aliphatic rings. The summed E-state index contributed by atoms with van der Waals surface area (Å²) in [5, 5.41) is 9.45. The Morgan fingerprint density at radius 2 is 2.00 bits per heavy atom. The zero-order valence-corrected chi connectivity index (χ0v) is 17.4. The number of oxazole rings is 1. The number of furan rings is 1. The number of halogens is 1. The van der Waals surface area contributed by atoms with Crippen molar-refractivity contribution in [2.24, 2.45) is 5.92 Å². The fourth-order valence-corrected chi connectivity index (χ4v) is 3.88. The standard InChI is InChI=1S/C23H23FN4O3/c1-15(16-5-7-18(24)8-6-16)27(2)22(29)17-9-11-28(12-10-17)23-19(14-25)26-21(31-23)20-4-3-13-30-20/h3-8,13,15,17H,9-12H2,1-2H3. The zero-order valence-electron chi connectivity index (χ0n) is 17.4. The Balaban J connectivity index is 1.41. The van der Waals surface area contributed by atoms with Crippen LogP contribution in [0.5, 0.6) is 0 Å². The first-order valence-electron chi connectivity index (χ1n) is 10.2. The highest BCUT2D eigenvalue weighted by Crippen LogP contribution is 2.32. The molecule has 1 aliphatic heterocycles. The molecule has 0 N–H and O–H groups in total. The minimum absolute atomic E-state index is 0.0610. The molecule has 4 rings (SSSR count). The highest BCUT2D eigenvalue weighted by molar-refractivity contribution is 5.79. The van der Waals surface area contributed by atoms with Gasteiger partial charge < -0.3 is 18.6 Å². The second-order valence-electron chi connectivity index (χ2n) is 7.70. The quantitative estimate of drug-likeness (QED) is 0.606. The highest BCUT2D eigenvalue weighted by Gasteiger charge is 2.32. The van der Waals surface area contributed by atoms with E-state index in [0.29, 0.717) is 37.6 Å². The van der Waals surface area contributed by atoms with Crippen LogP contribution in [0.15, 0.2) is 51.5 Å². The normalized spacial score (nSPS) is 15.5. The van der Waals surface area contributed by atoms with E-state index in [0.717, 1.165) is 5.56 Å². The Bertz CT molecular complexity index is 1080. The number of amides is 1. The maximum absolute atomic E-state index is 13.2. The van der Waals surface area contributed by atoms with Crippen molar-refractivity contribution in [2.45, 2.75) is 25.8 Å². The van der Waals surface area contributed by atoms with Crippen LogP contribution in [-0.2, 0) is 4.79 Å². The number of anilines is 1. The van der Waals surface area contributed by atoms with Crippen LogP contribution in [0.4, 0.5) is 10.3 Å². The van der Waals surface area contributed by atoms with E-state index in [1.54, 1.807) is 36.2 Å². The van der Waals surface area contributed by atoms with E-state index in [1.165, 1.54) is 18.4 Å². The first-order chi connectivity index (χ1) is 15.0. The second-order valence-corrected chi connectivity index (χ2v) is 7.70. The van der Waals surface area contributed by atoms with Crippen LogP contribution in [0.3, 0.4) is 0 Å². The van der Waals surface area contributed by atoms with E-state index in [-0.39, 0.29) is 35.3 Å². The topological polar surface area (TPSA) is 86.5 Å². The largest absolute Gasteiger partial charge is 0.459 e. The van der Waals surface area contributed by atoms with E-state index in [4.69, 9.17) is 8.83 Å². The van der Waals surface area contributed by atoms with E-state index in [1.807, 2.05) is 11.8 Å². The van der Waals surface area contributed by atoms with E-state index in [9.17, 15) is 14.4 Å². The van der Waals surface area contributed by atoms with Crippen molar-refractivity contribution >= 4 is 11.8 Å². The van der Waals surface area contributed by atoms with Crippen molar-refractivity contribution in [3.05, 3.63) is 59.7 Å². The van der Waals surface area contributed by atoms with Gasteiger partial charge in [-0.15, -0.1) is 0 Å². The molecule has 3 aromatic rings. The Hall–Kier alpha value is -3.60. The summed E-state index contributed by atoms with van der Waals surface area (Å²) in [6.45, 7) is 3.09. The van der Waals surface area contributed by atoms with Crippen molar-refractivity contribution in [2.75, 3.05) is 25.0 Å². The van der Waals surface area contributed by atoms with Crippen molar-refractivity contribution in [3.8, 4) is 17.7 Å². The number of carbonyl (C=O) groups is 1. The summed E-state index contributed by atoms with van der Waals surface area (Å²) in [4.78, 5) is 20.9. The third-order valence-corrected chi connectivity index (χ3v) is 5.86. The van der Waals surface area contributed by atoms with Gasteiger partial charge in [-0.2, -0.15) is 10.2 Å². The molecule has 1 amide bonds. The molecule has 8 heteroatoms. The van der Waals surface area contributed by atoms with Crippen molar-refractivity contribution in [1.82, 2.24) is 9.88 Å². The van der Waals surface area contributed by atoms with Gasteiger partial charge in [0.1, 0.15) is 11.9 Å². The number of hydrogen-bond acceptors (Lipinski definition) is 6. The van der Waals surface area contributed by atoms with Crippen LogP contribution < -0.4 is 4.90 Å². The molecule has 0 spiro atoms. The van der Waals surface area contributed by atoms with E-state index in [2.05, 4.69) is 11.1 Å². The molecule has 0 bridgehead atoms. The predicted octanol–water partition coefficient (Wildman–Crippen LogP) is 4.38. The lowest BCUT2D eigenvalue weighted by molar-refractivity contribution is -0.136. The number of hydrogen-bond donors (Lipinski definition) is 0. The summed E-state index contributed by atoms with van der Waals surface area (Å²) in [6.07, 6.45) is 2.80. The molecular weight excluding hydrogens is 399 g/mol. The average molecular weight is 422 g/mol. The Kier molecular flexibility index (Phi) is 5.76. The number of nitrogens with zero attached hydrogens (tertiary/aromatic N) is 4. The molecule has 31 heavy (non-hydrogen) atoms. The molecule has 0 saturated carbocycles. The maximum atomic E-state index is 13.2. The third kappa shape index (κ3) is 4.17. The van der Waals surface area contributed by atoms with Crippen molar-refractivity contribution in [3.63, 3.8) is 0 Å². The summed E-state index contributed by atoms with van der Waals surface area (Å²) in [5.74, 6) is 0.782. The lowest BCUT2D eigenvalue weighted by Gasteiger charge is -2.35. The minimum Gasteiger partial charge on any atom is -0.459 e. The summed E-state index contributed by atoms with van der Waals surface area (Å²) in [7, 11) is 1.78. The van der Waals surface area contributed by atoms with Crippen LogP contribution in [0, 0.1) is 23.1 Å². The lowest BCUT2D eigenvalue weighted by atomic mass is 9.94. The lowest BCUT2D eigenvalue weighted by Crippen LogP contribution is -2.42. The molecule has 0 aliphatic carbocycles. The van der Waals surface area contributed by atoms with Crippen LogP contribution in [0.2, 0.25) is 0 Å². The average Bonchev–Trinajstić information content (AvgIpc) is 3.48.